The molecule has 1 rings (SSSR count). The fourth-order valence-corrected chi connectivity index (χ4v) is 1.92. The molecule has 1 aromatic rings. The van der Waals surface area contributed by atoms with E-state index in [1.165, 1.54) is 16.7 Å². The lowest BCUT2D eigenvalue weighted by molar-refractivity contribution is 0.125. The average molecular weight is 207 g/mol. The van der Waals surface area contributed by atoms with E-state index in [9.17, 15) is 0 Å². The Hall–Kier alpha value is -0.860. The van der Waals surface area contributed by atoms with Crippen LogP contribution in [0.15, 0.2) is 18.2 Å². The molecule has 0 spiro atoms. The number of nitrogens with one attached hydrogen (secondary N) is 1. The first-order valence-corrected chi connectivity index (χ1v) is 5.51. The van der Waals surface area contributed by atoms with Gasteiger partial charge in [0.2, 0.25) is 0 Å². The van der Waals surface area contributed by atoms with Gasteiger partial charge in [-0.3, -0.25) is 0 Å². The summed E-state index contributed by atoms with van der Waals surface area (Å²) in [6.45, 7) is 7.83. The molecule has 0 saturated heterocycles. The highest BCUT2D eigenvalue weighted by atomic mass is 16.5. The molecule has 0 radical (unpaired) electrons. The van der Waals surface area contributed by atoms with Gasteiger partial charge < -0.3 is 10.1 Å². The van der Waals surface area contributed by atoms with Gasteiger partial charge >= 0.3 is 0 Å². The third kappa shape index (κ3) is 3.05. The van der Waals surface area contributed by atoms with Crippen LogP contribution in [0.2, 0.25) is 0 Å². The SMILES string of the molecule is CCOCC(NC)c1c(C)cccc1C. The van der Waals surface area contributed by atoms with Gasteiger partial charge in [-0.05, 0) is 44.5 Å². The summed E-state index contributed by atoms with van der Waals surface area (Å²) in [6, 6.07) is 6.70. The fraction of sp³-hybridized carbons (Fsp3) is 0.538. The van der Waals surface area contributed by atoms with Crippen molar-refractivity contribution < 1.29 is 4.74 Å². The van der Waals surface area contributed by atoms with E-state index in [0.29, 0.717) is 6.04 Å². The van der Waals surface area contributed by atoms with Crippen LogP contribution in [-0.4, -0.2) is 20.3 Å². The Balaban J connectivity index is 2.90. The maximum Gasteiger partial charge on any atom is 0.0661 e. The van der Waals surface area contributed by atoms with Gasteiger partial charge in [0, 0.05) is 6.61 Å². The smallest absolute Gasteiger partial charge is 0.0661 e. The van der Waals surface area contributed by atoms with Crippen LogP contribution >= 0.6 is 0 Å². The van der Waals surface area contributed by atoms with E-state index >= 15 is 0 Å². The molecule has 0 aromatic heterocycles. The molecule has 0 saturated carbocycles. The van der Waals surface area contributed by atoms with E-state index in [-0.39, 0.29) is 0 Å². The first-order valence-electron chi connectivity index (χ1n) is 5.51. The van der Waals surface area contributed by atoms with E-state index in [1.807, 2.05) is 14.0 Å². The van der Waals surface area contributed by atoms with Crippen molar-refractivity contribution in [3.05, 3.63) is 34.9 Å². The standard InChI is InChI=1S/C13H21NO/c1-5-15-9-12(14-4)13-10(2)7-6-8-11(13)3/h6-8,12,14H,5,9H2,1-4H3. The second-order valence-electron chi connectivity index (χ2n) is 3.81. The molecule has 84 valence electrons. The predicted molar refractivity (Wildman–Crippen MR) is 64.2 cm³/mol. The van der Waals surface area contributed by atoms with Crippen LogP contribution < -0.4 is 5.32 Å². The van der Waals surface area contributed by atoms with Crippen LogP contribution in [0.1, 0.15) is 29.7 Å². The van der Waals surface area contributed by atoms with Crippen molar-refractivity contribution in [3.8, 4) is 0 Å². The highest BCUT2D eigenvalue weighted by Gasteiger charge is 2.13. The topological polar surface area (TPSA) is 21.3 Å². The Morgan fingerprint density at radius 3 is 2.33 bits per heavy atom. The second-order valence-corrected chi connectivity index (χ2v) is 3.81. The molecule has 0 fully saturated rings. The van der Waals surface area contributed by atoms with Crippen molar-refractivity contribution in [1.29, 1.82) is 0 Å². The predicted octanol–water partition coefficient (Wildman–Crippen LogP) is 2.60. The minimum atomic E-state index is 0.297. The van der Waals surface area contributed by atoms with E-state index < -0.39 is 0 Å². The molecule has 1 aromatic carbocycles. The Labute approximate surface area is 92.6 Å². The molecular weight excluding hydrogens is 186 g/mol. The number of rotatable bonds is 5. The van der Waals surface area contributed by atoms with Gasteiger partial charge in [-0.15, -0.1) is 0 Å². The third-order valence-corrected chi connectivity index (χ3v) is 2.73. The number of hydrogen-bond donors (Lipinski definition) is 1. The maximum absolute atomic E-state index is 5.49. The largest absolute Gasteiger partial charge is 0.380 e. The molecular formula is C13H21NO. The Kier molecular flexibility index (Phi) is 4.79. The number of benzene rings is 1. The normalized spacial score (nSPS) is 12.8. The van der Waals surface area contributed by atoms with Gasteiger partial charge in [0.05, 0.1) is 12.6 Å². The monoisotopic (exact) mass is 207 g/mol. The summed E-state index contributed by atoms with van der Waals surface area (Å²) < 4.78 is 5.49. The lowest BCUT2D eigenvalue weighted by Gasteiger charge is -2.20. The van der Waals surface area contributed by atoms with Crippen molar-refractivity contribution in [2.24, 2.45) is 0 Å². The Morgan fingerprint density at radius 1 is 1.27 bits per heavy atom. The lowest BCUT2D eigenvalue weighted by atomic mass is 9.97. The quantitative estimate of drug-likeness (QED) is 0.801. The molecule has 15 heavy (non-hydrogen) atoms. The third-order valence-electron chi connectivity index (χ3n) is 2.73. The zero-order valence-electron chi connectivity index (χ0n) is 10.1. The number of likely N-dealkylation sites (N-methyl/N-ethyl adjacent to an activating group) is 1. The van der Waals surface area contributed by atoms with Crippen LogP contribution in [-0.2, 0) is 4.74 Å². The Bertz CT molecular complexity index is 289. The molecule has 2 heteroatoms. The van der Waals surface area contributed by atoms with Crippen LogP contribution in [0.4, 0.5) is 0 Å². The van der Waals surface area contributed by atoms with Crippen molar-refractivity contribution in [3.63, 3.8) is 0 Å². The Morgan fingerprint density at radius 2 is 1.87 bits per heavy atom. The van der Waals surface area contributed by atoms with Crippen LogP contribution in [0.25, 0.3) is 0 Å². The van der Waals surface area contributed by atoms with Crippen molar-refractivity contribution in [2.75, 3.05) is 20.3 Å². The van der Waals surface area contributed by atoms with E-state index in [0.717, 1.165) is 13.2 Å². The number of aryl methyl sites for hydroxylation is 2. The molecule has 0 bridgehead atoms. The minimum absolute atomic E-state index is 0.297. The highest BCUT2D eigenvalue weighted by molar-refractivity contribution is 5.36. The van der Waals surface area contributed by atoms with Crippen LogP contribution in [0, 0.1) is 13.8 Å². The van der Waals surface area contributed by atoms with Gasteiger partial charge in [0.25, 0.3) is 0 Å². The molecule has 0 heterocycles. The van der Waals surface area contributed by atoms with Crippen LogP contribution in [0.5, 0.6) is 0 Å². The summed E-state index contributed by atoms with van der Waals surface area (Å²) in [7, 11) is 1.98. The van der Waals surface area contributed by atoms with Crippen molar-refractivity contribution in [1.82, 2.24) is 5.32 Å². The van der Waals surface area contributed by atoms with Crippen molar-refractivity contribution in [2.45, 2.75) is 26.8 Å². The number of hydrogen-bond acceptors (Lipinski definition) is 2. The summed E-state index contributed by atoms with van der Waals surface area (Å²) >= 11 is 0. The van der Waals surface area contributed by atoms with Crippen LogP contribution in [0.3, 0.4) is 0 Å². The molecule has 0 aliphatic rings. The van der Waals surface area contributed by atoms with Gasteiger partial charge in [0.1, 0.15) is 0 Å². The molecule has 1 unspecified atom stereocenters. The summed E-state index contributed by atoms with van der Waals surface area (Å²) in [6.07, 6.45) is 0. The summed E-state index contributed by atoms with van der Waals surface area (Å²) in [5.74, 6) is 0. The summed E-state index contributed by atoms with van der Waals surface area (Å²) in [4.78, 5) is 0. The minimum Gasteiger partial charge on any atom is -0.380 e. The summed E-state index contributed by atoms with van der Waals surface area (Å²) in [5.41, 5.74) is 4.02. The first kappa shape index (κ1) is 12.2. The molecule has 1 N–H and O–H groups in total. The molecule has 1 atom stereocenters. The zero-order valence-corrected chi connectivity index (χ0v) is 10.1. The fourth-order valence-electron chi connectivity index (χ4n) is 1.92. The molecule has 2 nitrogen and oxygen atoms in total. The van der Waals surface area contributed by atoms with E-state index in [2.05, 4.69) is 37.4 Å². The van der Waals surface area contributed by atoms with Gasteiger partial charge in [0.15, 0.2) is 0 Å². The zero-order chi connectivity index (χ0) is 11.3. The molecule has 0 aliphatic carbocycles. The van der Waals surface area contributed by atoms with E-state index in [4.69, 9.17) is 4.74 Å². The highest BCUT2D eigenvalue weighted by Crippen LogP contribution is 2.21. The average Bonchev–Trinajstić information content (AvgIpc) is 2.22. The lowest BCUT2D eigenvalue weighted by Crippen LogP contribution is -2.23. The van der Waals surface area contributed by atoms with Gasteiger partial charge in [-0.2, -0.15) is 0 Å². The first-order chi connectivity index (χ1) is 7.20. The summed E-state index contributed by atoms with van der Waals surface area (Å²) in [5, 5.41) is 3.31. The van der Waals surface area contributed by atoms with Crippen molar-refractivity contribution >= 4 is 0 Å². The second kappa shape index (κ2) is 5.89. The van der Waals surface area contributed by atoms with E-state index in [1.54, 1.807) is 0 Å². The molecule has 0 amide bonds. The maximum atomic E-state index is 5.49. The van der Waals surface area contributed by atoms with Gasteiger partial charge in [-0.1, -0.05) is 18.2 Å². The number of ether oxygens (including phenoxy) is 1. The molecule has 0 aliphatic heterocycles. The van der Waals surface area contributed by atoms with Gasteiger partial charge in [-0.25, -0.2) is 0 Å².